The molecule has 26 heavy (non-hydrogen) atoms. The number of nitrogens with zero attached hydrogens (tertiary/aromatic N) is 2. The fourth-order valence-corrected chi connectivity index (χ4v) is 5.49. The number of hydrogen-bond acceptors (Lipinski definition) is 3. The van der Waals surface area contributed by atoms with Crippen LogP contribution in [-0.4, -0.2) is 55.0 Å². The highest BCUT2D eigenvalue weighted by atomic mass is 16.2. The fraction of sp³-hybridized carbons (Fsp3) is 0.682. The number of rotatable bonds is 4. The number of fused-ring (bicyclic) bond motifs is 1. The lowest BCUT2D eigenvalue weighted by Gasteiger charge is -2.44. The summed E-state index contributed by atoms with van der Waals surface area (Å²) in [5.41, 5.74) is 1.28. The van der Waals surface area contributed by atoms with Gasteiger partial charge in [0, 0.05) is 39.3 Å². The van der Waals surface area contributed by atoms with Gasteiger partial charge >= 0.3 is 0 Å². The third-order valence-corrected chi connectivity index (χ3v) is 7.14. The van der Waals surface area contributed by atoms with Crippen LogP contribution in [0.15, 0.2) is 30.3 Å². The zero-order chi connectivity index (χ0) is 18.0. The lowest BCUT2D eigenvalue weighted by atomic mass is 9.67. The van der Waals surface area contributed by atoms with Gasteiger partial charge in [0.15, 0.2) is 0 Å². The van der Waals surface area contributed by atoms with Gasteiger partial charge in [0.2, 0.25) is 5.91 Å². The second kappa shape index (κ2) is 7.69. The highest BCUT2D eigenvalue weighted by molar-refractivity contribution is 5.84. The van der Waals surface area contributed by atoms with Crippen molar-refractivity contribution < 1.29 is 4.79 Å². The molecule has 3 aliphatic rings. The summed E-state index contributed by atoms with van der Waals surface area (Å²) in [5.74, 6) is 0.984. The molecular weight excluding hydrogens is 322 g/mol. The van der Waals surface area contributed by atoms with Crippen molar-refractivity contribution in [2.24, 2.45) is 11.3 Å². The molecule has 1 N–H and O–H groups in total. The van der Waals surface area contributed by atoms with Crippen molar-refractivity contribution >= 4 is 5.91 Å². The summed E-state index contributed by atoms with van der Waals surface area (Å²) in [6.45, 7) is 5.14. The van der Waals surface area contributed by atoms with Gasteiger partial charge in [-0.2, -0.15) is 0 Å². The van der Waals surface area contributed by atoms with Gasteiger partial charge in [-0.1, -0.05) is 43.2 Å². The third kappa shape index (κ3) is 3.41. The van der Waals surface area contributed by atoms with E-state index in [1.807, 2.05) is 0 Å². The van der Waals surface area contributed by atoms with Gasteiger partial charge in [0.05, 0.1) is 5.41 Å². The average molecular weight is 356 g/mol. The summed E-state index contributed by atoms with van der Waals surface area (Å²) in [4.78, 5) is 18.1. The van der Waals surface area contributed by atoms with Crippen molar-refractivity contribution in [1.82, 2.24) is 15.1 Å². The van der Waals surface area contributed by atoms with E-state index >= 15 is 0 Å². The third-order valence-electron chi connectivity index (χ3n) is 7.14. The highest BCUT2D eigenvalue weighted by Gasteiger charge is 2.51. The Bertz CT molecular complexity index is 611. The lowest BCUT2D eigenvalue weighted by Crippen LogP contribution is -2.53. The highest BCUT2D eigenvalue weighted by Crippen LogP contribution is 2.45. The first-order valence-electron chi connectivity index (χ1n) is 10.4. The number of nitrogens with one attached hydrogen (secondary N) is 1. The molecule has 0 unspecified atom stereocenters. The first kappa shape index (κ1) is 18.0. The summed E-state index contributed by atoms with van der Waals surface area (Å²) >= 11 is 0. The maximum atomic E-state index is 13.4. The molecular formula is C22H33N3O. The molecule has 2 heterocycles. The van der Waals surface area contributed by atoms with E-state index in [1.165, 1.54) is 24.8 Å². The van der Waals surface area contributed by atoms with Gasteiger partial charge in [0.25, 0.3) is 0 Å². The molecule has 0 radical (unpaired) electrons. The van der Waals surface area contributed by atoms with Crippen molar-refractivity contribution in [2.75, 3.05) is 33.2 Å². The number of carbonyl (C=O) groups excluding carboxylic acids is 1. The number of benzene rings is 1. The summed E-state index contributed by atoms with van der Waals surface area (Å²) in [6.07, 6.45) is 7.02. The fourth-order valence-electron chi connectivity index (χ4n) is 5.49. The summed E-state index contributed by atoms with van der Waals surface area (Å²) < 4.78 is 0. The van der Waals surface area contributed by atoms with Crippen LogP contribution in [0.3, 0.4) is 0 Å². The van der Waals surface area contributed by atoms with Gasteiger partial charge in [-0.3, -0.25) is 9.69 Å². The number of amides is 1. The quantitative estimate of drug-likeness (QED) is 0.902. The van der Waals surface area contributed by atoms with Crippen LogP contribution in [0.2, 0.25) is 0 Å². The van der Waals surface area contributed by atoms with Crippen LogP contribution in [0.1, 0.15) is 44.1 Å². The topological polar surface area (TPSA) is 35.6 Å². The molecule has 4 heteroatoms. The Morgan fingerprint density at radius 2 is 1.96 bits per heavy atom. The molecule has 1 amide bonds. The number of piperidine rings is 1. The molecule has 1 saturated carbocycles. The number of hydrogen-bond donors (Lipinski definition) is 1. The molecule has 4 nitrogen and oxygen atoms in total. The summed E-state index contributed by atoms with van der Waals surface area (Å²) in [7, 11) is 2.07. The monoisotopic (exact) mass is 355 g/mol. The molecule has 0 bridgehead atoms. The summed E-state index contributed by atoms with van der Waals surface area (Å²) in [5, 5.41) is 3.52. The van der Waals surface area contributed by atoms with Crippen molar-refractivity contribution in [3.63, 3.8) is 0 Å². The van der Waals surface area contributed by atoms with Crippen LogP contribution >= 0.6 is 0 Å². The Morgan fingerprint density at radius 1 is 1.19 bits per heavy atom. The van der Waals surface area contributed by atoms with Crippen LogP contribution in [0, 0.1) is 11.3 Å². The van der Waals surface area contributed by atoms with E-state index in [0.717, 1.165) is 52.0 Å². The molecule has 1 aromatic carbocycles. The minimum absolute atomic E-state index is 0.103. The van der Waals surface area contributed by atoms with Crippen LogP contribution < -0.4 is 5.32 Å². The van der Waals surface area contributed by atoms with Gasteiger partial charge in [-0.25, -0.2) is 0 Å². The Hall–Kier alpha value is -1.39. The average Bonchev–Trinajstić information content (AvgIpc) is 3.13. The molecule has 0 aromatic heterocycles. The number of carbonyl (C=O) groups is 1. The Labute approximate surface area is 157 Å². The molecule has 2 aliphatic heterocycles. The predicted molar refractivity (Wildman–Crippen MR) is 105 cm³/mol. The number of likely N-dealkylation sites (tertiary alicyclic amines) is 1. The first-order chi connectivity index (χ1) is 12.7. The molecule has 2 atom stereocenters. The normalized spacial score (nSPS) is 30.1. The molecule has 4 rings (SSSR count). The molecule has 1 aliphatic carbocycles. The van der Waals surface area contributed by atoms with Crippen molar-refractivity contribution in [3.05, 3.63) is 35.9 Å². The van der Waals surface area contributed by atoms with Crippen molar-refractivity contribution in [3.8, 4) is 0 Å². The van der Waals surface area contributed by atoms with Crippen molar-refractivity contribution in [2.45, 2.75) is 51.1 Å². The van der Waals surface area contributed by atoms with E-state index in [9.17, 15) is 4.79 Å². The van der Waals surface area contributed by atoms with Crippen LogP contribution in [0.25, 0.3) is 0 Å². The molecule has 1 aromatic rings. The minimum Gasteiger partial charge on any atom is -0.342 e. The van der Waals surface area contributed by atoms with Crippen molar-refractivity contribution in [1.29, 1.82) is 0 Å². The van der Waals surface area contributed by atoms with E-state index in [-0.39, 0.29) is 5.41 Å². The second-order valence-electron chi connectivity index (χ2n) is 8.64. The maximum absolute atomic E-state index is 13.4. The Kier molecular flexibility index (Phi) is 5.32. The SMILES string of the molecule is CN(C(=O)[C@@]12CCCC[C@H]1CNC2)C1CCN(Cc2ccccc2)CC1. The van der Waals surface area contributed by atoms with Crippen LogP contribution in [0.4, 0.5) is 0 Å². The largest absolute Gasteiger partial charge is 0.342 e. The van der Waals surface area contributed by atoms with Crippen LogP contribution in [-0.2, 0) is 11.3 Å². The van der Waals surface area contributed by atoms with E-state index in [0.29, 0.717) is 17.9 Å². The Balaban J connectivity index is 1.34. The van der Waals surface area contributed by atoms with Gasteiger partial charge in [-0.15, -0.1) is 0 Å². The predicted octanol–water partition coefficient (Wildman–Crippen LogP) is 2.89. The maximum Gasteiger partial charge on any atom is 0.230 e. The molecule has 0 spiro atoms. The molecule has 2 saturated heterocycles. The second-order valence-corrected chi connectivity index (χ2v) is 8.64. The van der Waals surface area contributed by atoms with E-state index in [4.69, 9.17) is 0 Å². The molecule has 142 valence electrons. The van der Waals surface area contributed by atoms with Gasteiger partial charge in [-0.05, 0) is 43.7 Å². The van der Waals surface area contributed by atoms with Crippen LogP contribution in [0.5, 0.6) is 0 Å². The smallest absolute Gasteiger partial charge is 0.230 e. The van der Waals surface area contributed by atoms with Gasteiger partial charge in [0.1, 0.15) is 0 Å². The standard InChI is InChI=1S/C22H33N3O/c1-24(21(26)22-12-6-5-9-19(22)15-23-17-22)20-10-13-25(14-11-20)16-18-7-3-2-4-8-18/h2-4,7-8,19-20,23H,5-6,9-17H2,1H3/t19-,22+/m0/s1. The Morgan fingerprint density at radius 3 is 2.73 bits per heavy atom. The zero-order valence-electron chi connectivity index (χ0n) is 16.1. The molecule has 3 fully saturated rings. The van der Waals surface area contributed by atoms with E-state index in [1.54, 1.807) is 0 Å². The van der Waals surface area contributed by atoms with Gasteiger partial charge < -0.3 is 10.2 Å². The lowest BCUT2D eigenvalue weighted by molar-refractivity contribution is -0.147. The zero-order valence-corrected chi connectivity index (χ0v) is 16.1. The minimum atomic E-state index is -0.103. The summed E-state index contributed by atoms with van der Waals surface area (Å²) in [6, 6.07) is 11.1. The first-order valence-corrected chi connectivity index (χ1v) is 10.4. The van der Waals surface area contributed by atoms with E-state index in [2.05, 4.69) is 52.5 Å². The van der Waals surface area contributed by atoms with E-state index < -0.39 is 0 Å².